The Morgan fingerprint density at radius 3 is 2.14 bits per heavy atom. The highest BCUT2D eigenvalue weighted by Crippen LogP contribution is 2.40. The Hall–Kier alpha value is -1.99. The first-order valence-electron chi connectivity index (χ1n) is 5.87. The maximum atomic E-state index is 13.0. The van der Waals surface area contributed by atoms with Crippen molar-refractivity contribution in [3.8, 4) is 11.3 Å². The van der Waals surface area contributed by atoms with Gasteiger partial charge < -0.3 is 4.52 Å². The third-order valence-electron chi connectivity index (χ3n) is 2.84. The number of hydrogen-bond donors (Lipinski definition) is 0. The van der Waals surface area contributed by atoms with Gasteiger partial charge in [-0.2, -0.15) is 26.3 Å². The average Bonchev–Trinajstić information content (AvgIpc) is 2.84. The van der Waals surface area contributed by atoms with E-state index < -0.39 is 29.0 Å². The van der Waals surface area contributed by atoms with Crippen LogP contribution in [0.25, 0.3) is 11.3 Å². The molecule has 2 rings (SSSR count). The molecule has 0 unspecified atom stereocenters. The van der Waals surface area contributed by atoms with Crippen LogP contribution in [0.4, 0.5) is 26.3 Å². The fraction of sp³-hybridized carbons (Fsp3) is 0.308. The Bertz CT molecular complexity index is 641. The van der Waals surface area contributed by atoms with Gasteiger partial charge in [0.2, 0.25) is 0 Å². The normalized spacial score (nSPS) is 12.7. The van der Waals surface area contributed by atoms with Gasteiger partial charge in [-0.05, 0) is 12.1 Å². The van der Waals surface area contributed by atoms with E-state index in [2.05, 4.69) is 5.16 Å². The first kappa shape index (κ1) is 15.4. The van der Waals surface area contributed by atoms with Crippen molar-refractivity contribution in [2.45, 2.75) is 25.7 Å². The van der Waals surface area contributed by atoms with Crippen LogP contribution < -0.4 is 0 Å². The first-order valence-corrected chi connectivity index (χ1v) is 5.87. The molecule has 114 valence electrons. The largest absolute Gasteiger partial charge is 0.417 e. The molecule has 0 saturated heterocycles. The van der Waals surface area contributed by atoms with Gasteiger partial charge in [-0.3, -0.25) is 0 Å². The molecule has 0 spiro atoms. The predicted molar refractivity (Wildman–Crippen MR) is 61.3 cm³/mol. The molecule has 1 heterocycles. The second-order valence-electron chi connectivity index (χ2n) is 4.29. The van der Waals surface area contributed by atoms with Crippen LogP contribution in [0.3, 0.4) is 0 Å². The Labute approximate surface area is 115 Å². The monoisotopic (exact) mass is 309 g/mol. The molecule has 8 heteroatoms. The Morgan fingerprint density at radius 2 is 1.67 bits per heavy atom. The van der Waals surface area contributed by atoms with Gasteiger partial charge in [0.15, 0.2) is 0 Å². The number of alkyl halides is 6. The molecule has 0 radical (unpaired) electrons. The fourth-order valence-corrected chi connectivity index (χ4v) is 1.79. The maximum Gasteiger partial charge on any atom is 0.417 e. The molecule has 0 aliphatic heterocycles. The molecular weight excluding hydrogens is 300 g/mol. The number of hydrogen-bond acceptors (Lipinski definition) is 2. The van der Waals surface area contributed by atoms with Crippen molar-refractivity contribution >= 4 is 0 Å². The summed E-state index contributed by atoms with van der Waals surface area (Å²) < 4.78 is 81.3. The molecule has 0 atom stereocenters. The molecule has 0 aliphatic rings. The van der Waals surface area contributed by atoms with Crippen molar-refractivity contribution in [2.75, 3.05) is 0 Å². The van der Waals surface area contributed by atoms with E-state index in [1.807, 2.05) is 0 Å². The summed E-state index contributed by atoms with van der Waals surface area (Å²) in [7, 11) is 0. The van der Waals surface area contributed by atoms with Gasteiger partial charge in [0, 0.05) is 18.1 Å². The smallest absolute Gasteiger partial charge is 0.361 e. The van der Waals surface area contributed by atoms with Crippen LogP contribution >= 0.6 is 0 Å². The number of aromatic nitrogens is 1. The highest BCUT2D eigenvalue weighted by atomic mass is 19.4. The number of nitrogens with zero attached hydrogens (tertiary/aromatic N) is 1. The quantitative estimate of drug-likeness (QED) is 0.734. The summed E-state index contributed by atoms with van der Waals surface area (Å²) in [4.78, 5) is 0. The third-order valence-corrected chi connectivity index (χ3v) is 2.84. The van der Waals surface area contributed by atoms with E-state index in [-0.39, 0.29) is 11.8 Å². The van der Waals surface area contributed by atoms with E-state index in [4.69, 9.17) is 4.52 Å². The van der Waals surface area contributed by atoms with Crippen molar-refractivity contribution in [1.82, 2.24) is 5.16 Å². The topological polar surface area (TPSA) is 26.0 Å². The highest BCUT2D eigenvalue weighted by molar-refractivity contribution is 5.65. The van der Waals surface area contributed by atoms with Crippen LogP contribution in [0.15, 0.2) is 28.8 Å². The molecular formula is C13H9F6NO. The molecule has 0 fully saturated rings. The minimum absolute atomic E-state index is 0.0790. The van der Waals surface area contributed by atoms with Crippen molar-refractivity contribution in [3.63, 3.8) is 0 Å². The molecule has 21 heavy (non-hydrogen) atoms. The van der Waals surface area contributed by atoms with E-state index in [1.54, 1.807) is 6.92 Å². The molecule has 0 N–H and O–H groups in total. The van der Waals surface area contributed by atoms with Crippen LogP contribution in [0, 0.1) is 0 Å². The van der Waals surface area contributed by atoms with E-state index in [0.717, 1.165) is 6.07 Å². The van der Waals surface area contributed by atoms with Gasteiger partial charge in [0.05, 0.1) is 11.1 Å². The second kappa shape index (κ2) is 5.09. The zero-order valence-electron chi connectivity index (χ0n) is 10.6. The van der Waals surface area contributed by atoms with Crippen molar-refractivity contribution < 1.29 is 30.9 Å². The zero-order chi connectivity index (χ0) is 15.8. The van der Waals surface area contributed by atoms with Crippen molar-refractivity contribution in [3.05, 3.63) is 41.2 Å². The van der Waals surface area contributed by atoms with Crippen LogP contribution in [0.1, 0.15) is 23.8 Å². The van der Waals surface area contributed by atoms with E-state index in [9.17, 15) is 26.3 Å². The molecule has 1 aromatic heterocycles. The standard InChI is InChI=1S/C13H9F6NO/c1-2-8-6-11(20-21-8)9-4-3-7(12(14,15)16)5-10(9)13(17,18)19/h3-6H,2H2,1H3. The molecule has 0 aliphatic carbocycles. The van der Waals surface area contributed by atoms with Crippen molar-refractivity contribution in [1.29, 1.82) is 0 Å². The molecule has 0 amide bonds. The average molecular weight is 309 g/mol. The number of aryl methyl sites for hydroxylation is 1. The second-order valence-corrected chi connectivity index (χ2v) is 4.29. The van der Waals surface area contributed by atoms with E-state index >= 15 is 0 Å². The summed E-state index contributed by atoms with van der Waals surface area (Å²) in [6.45, 7) is 1.71. The zero-order valence-corrected chi connectivity index (χ0v) is 10.6. The van der Waals surface area contributed by atoms with Gasteiger partial charge in [-0.1, -0.05) is 18.1 Å². The van der Waals surface area contributed by atoms with Crippen LogP contribution in [-0.4, -0.2) is 5.16 Å². The lowest BCUT2D eigenvalue weighted by atomic mass is 10.0. The number of halogens is 6. The predicted octanol–water partition coefficient (Wildman–Crippen LogP) is 4.94. The summed E-state index contributed by atoms with van der Waals surface area (Å²) in [6.07, 6.45) is -9.37. The van der Waals surface area contributed by atoms with Gasteiger partial charge in [-0.25, -0.2) is 0 Å². The van der Waals surface area contributed by atoms with Gasteiger partial charge >= 0.3 is 12.4 Å². The minimum atomic E-state index is -4.93. The summed E-state index contributed by atoms with van der Waals surface area (Å²) in [6, 6.07) is 2.70. The van der Waals surface area contributed by atoms with Gasteiger partial charge in [0.1, 0.15) is 11.5 Å². The molecule has 1 aromatic carbocycles. The van der Waals surface area contributed by atoms with Gasteiger partial charge in [0.25, 0.3) is 0 Å². The highest BCUT2D eigenvalue weighted by Gasteiger charge is 2.38. The number of benzene rings is 1. The lowest BCUT2D eigenvalue weighted by Crippen LogP contribution is -2.12. The minimum Gasteiger partial charge on any atom is -0.361 e. The first-order chi connectivity index (χ1) is 9.63. The van der Waals surface area contributed by atoms with E-state index in [0.29, 0.717) is 18.2 Å². The Balaban J connectivity index is 2.60. The van der Waals surface area contributed by atoms with Crippen molar-refractivity contribution in [2.24, 2.45) is 0 Å². The molecule has 0 saturated carbocycles. The lowest BCUT2D eigenvalue weighted by molar-refractivity contribution is -0.142. The summed E-state index contributed by atoms with van der Waals surface area (Å²) in [5, 5.41) is 3.47. The Morgan fingerprint density at radius 1 is 1.00 bits per heavy atom. The van der Waals surface area contributed by atoms with Crippen LogP contribution in [-0.2, 0) is 18.8 Å². The summed E-state index contributed by atoms with van der Waals surface area (Å²) >= 11 is 0. The van der Waals surface area contributed by atoms with Crippen LogP contribution in [0.5, 0.6) is 0 Å². The summed E-state index contributed by atoms with van der Waals surface area (Å²) in [5.74, 6) is 0.345. The maximum absolute atomic E-state index is 13.0. The fourth-order valence-electron chi connectivity index (χ4n) is 1.79. The SMILES string of the molecule is CCc1cc(-c2ccc(C(F)(F)F)cc2C(F)(F)F)no1. The third kappa shape index (κ3) is 3.20. The Kier molecular flexibility index (Phi) is 3.73. The van der Waals surface area contributed by atoms with E-state index in [1.165, 1.54) is 6.07 Å². The van der Waals surface area contributed by atoms with Crippen LogP contribution in [0.2, 0.25) is 0 Å². The summed E-state index contributed by atoms with van der Waals surface area (Å²) in [5.41, 5.74) is -3.35. The molecule has 2 aromatic rings. The molecule has 0 bridgehead atoms. The number of rotatable bonds is 2. The molecule has 2 nitrogen and oxygen atoms in total. The van der Waals surface area contributed by atoms with Gasteiger partial charge in [-0.15, -0.1) is 0 Å². The lowest BCUT2D eigenvalue weighted by Gasteiger charge is -2.14.